The van der Waals surface area contributed by atoms with Crippen LogP contribution in [0.3, 0.4) is 0 Å². The van der Waals surface area contributed by atoms with Crippen LogP contribution in [0.4, 0.5) is 0 Å². The van der Waals surface area contributed by atoms with Crippen LogP contribution in [0.15, 0.2) is 0 Å². The molecule has 3 atom stereocenters. The Morgan fingerprint density at radius 1 is 0.521 bits per heavy atom. The van der Waals surface area contributed by atoms with E-state index in [4.69, 9.17) is 23.7 Å². The fourth-order valence-electron chi connectivity index (χ4n) is 11.0. The molecule has 0 aromatic heterocycles. The molecule has 1 amide bonds. The van der Waals surface area contributed by atoms with Gasteiger partial charge in [-0.3, -0.25) is 28.9 Å². The monoisotopic (exact) mass is 1000 g/mol. The number of hydrogen-bond acceptors (Lipinski definition) is 11. The van der Waals surface area contributed by atoms with Crippen molar-refractivity contribution in [1.29, 1.82) is 0 Å². The van der Waals surface area contributed by atoms with Gasteiger partial charge in [0.1, 0.15) is 13.2 Å². The van der Waals surface area contributed by atoms with Crippen LogP contribution in [0.2, 0.25) is 0 Å². The molecule has 12 heteroatoms. The van der Waals surface area contributed by atoms with Crippen LogP contribution in [0.25, 0.3) is 0 Å². The van der Waals surface area contributed by atoms with E-state index in [1.54, 1.807) is 0 Å². The van der Waals surface area contributed by atoms with Gasteiger partial charge in [0.05, 0.1) is 26.4 Å². The van der Waals surface area contributed by atoms with Gasteiger partial charge in [0.15, 0.2) is 0 Å². The Morgan fingerprint density at radius 3 is 1.54 bits per heavy atom. The lowest BCUT2D eigenvalue weighted by Crippen LogP contribution is -2.48. The average molecular weight is 1000 g/mol. The number of carbonyl (C=O) groups excluding carboxylic acids is 5. The summed E-state index contributed by atoms with van der Waals surface area (Å²) >= 11 is 0. The van der Waals surface area contributed by atoms with Crippen LogP contribution in [0.5, 0.6) is 0 Å². The smallest absolute Gasteiger partial charge is 0.305 e. The molecule has 3 aliphatic heterocycles. The van der Waals surface area contributed by atoms with Gasteiger partial charge in [-0.25, -0.2) is 0 Å². The van der Waals surface area contributed by atoms with Crippen molar-refractivity contribution in [3.8, 4) is 0 Å². The van der Waals surface area contributed by atoms with Crippen molar-refractivity contribution in [3.05, 3.63) is 0 Å². The number of hydrogen-bond donors (Lipinski definition) is 0. The molecule has 1 spiro atoms. The Labute approximate surface area is 433 Å². The lowest BCUT2D eigenvalue weighted by molar-refractivity contribution is -0.159. The van der Waals surface area contributed by atoms with Gasteiger partial charge in [0.2, 0.25) is 5.91 Å². The number of carbonyl (C=O) groups is 5. The number of ether oxygens (including phenoxy) is 5. The van der Waals surface area contributed by atoms with Crippen LogP contribution in [0.1, 0.15) is 252 Å². The Kier molecular flexibility index (Phi) is 34.2. The van der Waals surface area contributed by atoms with Gasteiger partial charge < -0.3 is 28.6 Å². The van der Waals surface area contributed by atoms with E-state index >= 15 is 0 Å². The second kappa shape index (κ2) is 38.8. The van der Waals surface area contributed by atoms with Gasteiger partial charge in [-0.2, -0.15) is 0 Å². The first-order valence-electron chi connectivity index (χ1n) is 29.7. The maximum atomic E-state index is 13.2. The molecule has 3 fully saturated rings. The predicted molar refractivity (Wildman–Crippen MR) is 284 cm³/mol. The number of esters is 4. The molecule has 71 heavy (non-hydrogen) atoms. The highest BCUT2D eigenvalue weighted by molar-refractivity contribution is 5.76. The number of piperidine rings is 1. The second-order valence-electron chi connectivity index (χ2n) is 22.3. The summed E-state index contributed by atoms with van der Waals surface area (Å²) in [6.45, 7) is 15.2. The van der Waals surface area contributed by atoms with Crippen LogP contribution in [-0.2, 0) is 47.7 Å². The summed E-state index contributed by atoms with van der Waals surface area (Å²) in [5, 5.41) is 0. The second-order valence-corrected chi connectivity index (χ2v) is 22.3. The highest BCUT2D eigenvalue weighted by Gasteiger charge is 2.39. The van der Waals surface area contributed by atoms with E-state index < -0.39 is 5.41 Å². The SMILES string of the molecule is CCCCCCCCC1CCCC(CC)(CCCCC)CCC(CCCCCC)COC(=O)CCCCCC(=O)OCC2(CCN(C(=O)CCN3CCOCC3)CC2)COC(=O)CCCCCC(=O)OC1. The molecule has 0 radical (unpaired) electrons. The molecule has 0 aromatic carbocycles. The third-order valence-corrected chi connectivity index (χ3v) is 16.4. The number of unbranched alkanes of at least 4 members (excludes halogenated alkanes) is 10. The number of cyclic esters (lactones) is 4. The summed E-state index contributed by atoms with van der Waals surface area (Å²) < 4.78 is 29.3. The molecule has 3 aliphatic rings. The molecule has 12 nitrogen and oxygen atoms in total. The topological polar surface area (TPSA) is 138 Å². The average Bonchev–Trinajstić information content (AvgIpc) is 3.38. The van der Waals surface area contributed by atoms with Crippen molar-refractivity contribution in [2.45, 2.75) is 252 Å². The van der Waals surface area contributed by atoms with Crippen molar-refractivity contribution in [1.82, 2.24) is 9.80 Å². The molecule has 412 valence electrons. The fraction of sp³-hybridized carbons (Fsp3) is 0.915. The summed E-state index contributed by atoms with van der Waals surface area (Å²) in [5.41, 5.74) is -0.315. The third-order valence-electron chi connectivity index (χ3n) is 16.4. The molecular weight excluding hydrogens is 897 g/mol. The minimum Gasteiger partial charge on any atom is -0.465 e. The number of morpholine rings is 1. The molecular formula is C59H106N2O10. The third kappa shape index (κ3) is 28.5. The zero-order valence-corrected chi connectivity index (χ0v) is 46.2. The first-order chi connectivity index (χ1) is 34.5. The van der Waals surface area contributed by atoms with Crippen molar-refractivity contribution in [2.24, 2.45) is 22.7 Å². The van der Waals surface area contributed by atoms with Crippen LogP contribution < -0.4 is 0 Å². The van der Waals surface area contributed by atoms with Crippen molar-refractivity contribution >= 4 is 29.8 Å². The van der Waals surface area contributed by atoms with Crippen LogP contribution >= 0.6 is 0 Å². The molecule has 3 unspecified atom stereocenters. The van der Waals surface area contributed by atoms with Gasteiger partial charge in [-0.15, -0.1) is 0 Å². The van der Waals surface area contributed by atoms with E-state index in [9.17, 15) is 24.0 Å². The van der Waals surface area contributed by atoms with Crippen molar-refractivity contribution < 1.29 is 47.7 Å². The lowest BCUT2D eigenvalue weighted by Gasteiger charge is -2.41. The van der Waals surface area contributed by atoms with Gasteiger partial charge in [-0.1, -0.05) is 137 Å². The maximum Gasteiger partial charge on any atom is 0.305 e. The van der Waals surface area contributed by atoms with Crippen molar-refractivity contribution in [3.63, 3.8) is 0 Å². The van der Waals surface area contributed by atoms with Crippen molar-refractivity contribution in [2.75, 3.05) is 72.4 Å². The number of amides is 1. The highest BCUT2D eigenvalue weighted by Crippen LogP contribution is 2.42. The number of likely N-dealkylation sites (tertiary alicyclic amines) is 1. The summed E-state index contributed by atoms with van der Waals surface area (Å²) in [4.78, 5) is 69.9. The van der Waals surface area contributed by atoms with E-state index in [0.29, 0.717) is 116 Å². The molecule has 3 rings (SSSR count). The Hall–Kier alpha value is -2.73. The summed E-state index contributed by atoms with van der Waals surface area (Å²) in [7, 11) is 0. The van der Waals surface area contributed by atoms with E-state index in [1.165, 1.54) is 96.3 Å². The minimum absolute atomic E-state index is 0.114. The molecule has 0 aliphatic carbocycles. The van der Waals surface area contributed by atoms with Crippen LogP contribution in [0, 0.1) is 22.7 Å². The van der Waals surface area contributed by atoms with Gasteiger partial charge in [0, 0.05) is 70.2 Å². The van der Waals surface area contributed by atoms with Gasteiger partial charge >= 0.3 is 23.9 Å². The fourth-order valence-corrected chi connectivity index (χ4v) is 11.0. The first-order valence-corrected chi connectivity index (χ1v) is 29.7. The Morgan fingerprint density at radius 2 is 1.00 bits per heavy atom. The van der Waals surface area contributed by atoms with Crippen LogP contribution in [-0.4, -0.2) is 112 Å². The standard InChI is InChI=1S/C59H106N2O10/c1-5-9-12-14-15-19-26-51-28-25-36-58(8-4,35-24-11-7-3)37-33-52(27-18-13-10-6-2)48-69-55(64)30-21-17-23-32-57(66)71-50-59(49-70-56(65)31-22-16-20-29-54(63)68-47-51)38-41-61(42-39-59)53(62)34-40-60-43-45-67-46-44-60/h51-52H,5-50H2,1-4H3. The van der Waals surface area contributed by atoms with Gasteiger partial charge in [-0.05, 0) is 101 Å². The largest absolute Gasteiger partial charge is 0.465 e. The van der Waals surface area contributed by atoms with E-state index in [1.807, 2.05) is 4.90 Å². The molecule has 0 aromatic rings. The zero-order valence-electron chi connectivity index (χ0n) is 46.2. The summed E-state index contributed by atoms with van der Waals surface area (Å²) in [6.07, 6.45) is 33.0. The molecule has 0 bridgehead atoms. The van der Waals surface area contributed by atoms with E-state index in [-0.39, 0.29) is 61.3 Å². The van der Waals surface area contributed by atoms with E-state index in [0.717, 1.165) is 70.9 Å². The molecule has 3 saturated heterocycles. The molecule has 0 N–H and O–H groups in total. The van der Waals surface area contributed by atoms with Gasteiger partial charge in [0.25, 0.3) is 0 Å². The Balaban J connectivity index is 1.68. The maximum absolute atomic E-state index is 13.2. The normalized spacial score (nSPS) is 24.5. The molecule has 3 heterocycles. The Bertz CT molecular complexity index is 1430. The quantitative estimate of drug-likeness (QED) is 0.0654. The van der Waals surface area contributed by atoms with E-state index in [2.05, 4.69) is 32.6 Å². The summed E-state index contributed by atoms with van der Waals surface area (Å²) in [5.74, 6) is -0.0607. The highest BCUT2D eigenvalue weighted by atomic mass is 16.6. The number of rotatable bonds is 20. The predicted octanol–water partition coefficient (Wildman–Crippen LogP) is 13.3. The minimum atomic E-state index is -0.576. The number of nitrogens with zero attached hydrogens (tertiary/aromatic N) is 2. The molecule has 0 saturated carbocycles. The zero-order chi connectivity index (χ0) is 51.3. The first kappa shape index (κ1) is 62.6. The summed E-state index contributed by atoms with van der Waals surface area (Å²) in [6, 6.07) is 0. The lowest BCUT2D eigenvalue weighted by atomic mass is 9.71.